The van der Waals surface area contributed by atoms with Gasteiger partial charge < -0.3 is 25.6 Å². The van der Waals surface area contributed by atoms with Gasteiger partial charge in [0, 0.05) is 22.8 Å². The molecule has 0 bridgehead atoms. The van der Waals surface area contributed by atoms with E-state index in [4.69, 9.17) is 31.9 Å². The summed E-state index contributed by atoms with van der Waals surface area (Å²) in [5.41, 5.74) is 8.68. The number of nitrogen functional groups attached to an aromatic ring is 1. The molecule has 0 spiro atoms. The second-order valence-electron chi connectivity index (χ2n) is 11.4. The van der Waals surface area contributed by atoms with Crippen LogP contribution < -0.4 is 15.8 Å². The molecule has 1 aromatic heterocycles. The number of anilines is 2. The molecule has 0 atom stereocenters. The number of carbonyl (C=O) groups is 2. The van der Waals surface area contributed by atoms with Gasteiger partial charge in [-0.15, -0.1) is 11.3 Å². The third-order valence-electron chi connectivity index (χ3n) is 6.52. The molecule has 1 saturated carbocycles. The fourth-order valence-electron chi connectivity index (χ4n) is 4.75. The number of carboxylic acids is 1. The third-order valence-corrected chi connectivity index (χ3v) is 9.62. The Morgan fingerprint density at radius 1 is 1.14 bits per heavy atom. The lowest BCUT2D eigenvalue weighted by atomic mass is 9.91. The Morgan fingerprint density at radius 3 is 2.49 bits per heavy atom. The summed E-state index contributed by atoms with van der Waals surface area (Å²) in [7, 11) is -3.42. The Hall–Kier alpha value is -3.54. The van der Waals surface area contributed by atoms with Crippen molar-refractivity contribution in [3.05, 3.63) is 75.0 Å². The van der Waals surface area contributed by atoms with Gasteiger partial charge >= 0.3 is 11.9 Å². The smallest absolute Gasteiger partial charge is 0.352 e. The number of benzene rings is 2. The summed E-state index contributed by atoms with van der Waals surface area (Å²) in [4.78, 5) is 24.7. The van der Waals surface area contributed by atoms with Crippen LogP contribution in [0.2, 0.25) is 5.02 Å². The Morgan fingerprint density at radius 2 is 1.84 bits per heavy atom. The van der Waals surface area contributed by atoms with Crippen LogP contribution >= 0.6 is 22.9 Å². The summed E-state index contributed by atoms with van der Waals surface area (Å²) >= 11 is 7.72. The number of carboxylic acid groups (broad SMARTS) is 1. The second-order valence-corrected chi connectivity index (χ2v) is 14.7. The van der Waals surface area contributed by atoms with Gasteiger partial charge in [0.15, 0.2) is 27.1 Å². The topological polar surface area (TPSA) is 145 Å². The van der Waals surface area contributed by atoms with Crippen LogP contribution in [-0.2, 0) is 25.1 Å². The van der Waals surface area contributed by atoms with E-state index in [1.54, 1.807) is 45.0 Å². The molecule has 0 saturated heterocycles. The Kier molecular flexibility index (Phi) is 10.1. The molecular formula is C31H35ClN2O7S2. The molecule has 1 heterocycles. The van der Waals surface area contributed by atoms with Crippen molar-refractivity contribution < 1.29 is 32.6 Å². The molecule has 1 aliphatic rings. The zero-order chi connectivity index (χ0) is 31.4. The lowest BCUT2D eigenvalue weighted by Crippen LogP contribution is -2.23. The van der Waals surface area contributed by atoms with Gasteiger partial charge in [-0.1, -0.05) is 41.4 Å². The molecule has 9 nitrogen and oxygen atoms in total. The van der Waals surface area contributed by atoms with Crippen molar-refractivity contribution in [1.82, 2.24) is 0 Å². The van der Waals surface area contributed by atoms with E-state index in [2.05, 4.69) is 5.32 Å². The van der Waals surface area contributed by atoms with Crippen LogP contribution in [0, 0.1) is 0 Å². The van der Waals surface area contributed by atoms with Crippen LogP contribution in [0.3, 0.4) is 0 Å². The number of ether oxygens (including phenoxy) is 2. The van der Waals surface area contributed by atoms with Gasteiger partial charge in [0.25, 0.3) is 0 Å². The van der Waals surface area contributed by atoms with Crippen molar-refractivity contribution in [2.24, 2.45) is 0 Å². The number of aliphatic carboxylic acids is 1. The fourth-order valence-corrected chi connectivity index (χ4v) is 7.66. The minimum absolute atomic E-state index is 0.0195. The molecule has 0 aliphatic heterocycles. The average Bonchev–Trinajstić information content (AvgIpc) is 3.23. The van der Waals surface area contributed by atoms with Gasteiger partial charge in [0.1, 0.15) is 10.6 Å². The molecule has 0 unspecified atom stereocenters. The van der Waals surface area contributed by atoms with E-state index in [9.17, 15) is 18.0 Å². The number of hydrogen-bond donors (Lipinski definition) is 3. The van der Waals surface area contributed by atoms with Crippen molar-refractivity contribution in [1.29, 1.82) is 0 Å². The van der Waals surface area contributed by atoms with Crippen molar-refractivity contribution in [3.63, 3.8) is 0 Å². The van der Waals surface area contributed by atoms with Gasteiger partial charge in [-0.25, -0.2) is 18.0 Å². The first kappa shape index (κ1) is 32.4. The van der Waals surface area contributed by atoms with Crippen molar-refractivity contribution in [2.45, 2.75) is 63.9 Å². The molecular weight excluding hydrogens is 612 g/mol. The number of allylic oxidation sites excluding steroid dienone is 1. The number of rotatable bonds is 10. The average molecular weight is 647 g/mol. The van der Waals surface area contributed by atoms with Crippen LogP contribution in [0.5, 0.6) is 5.75 Å². The summed E-state index contributed by atoms with van der Waals surface area (Å²) in [6, 6.07) is 14.6. The molecule has 230 valence electrons. The van der Waals surface area contributed by atoms with Crippen LogP contribution in [0.4, 0.5) is 11.4 Å². The van der Waals surface area contributed by atoms with E-state index in [1.165, 1.54) is 5.41 Å². The summed E-state index contributed by atoms with van der Waals surface area (Å²) in [5.74, 6) is -1.95. The molecule has 43 heavy (non-hydrogen) atoms. The number of nitrogens with one attached hydrogen (secondary N) is 1. The number of esters is 1. The maximum atomic E-state index is 12.9. The minimum Gasteiger partial charge on any atom is -0.479 e. The summed E-state index contributed by atoms with van der Waals surface area (Å²) in [5, 5.41) is 14.2. The predicted octanol–water partition coefficient (Wildman–Crippen LogP) is 6.92. The fraction of sp³-hybridized carbons (Fsp3) is 0.355. The summed E-state index contributed by atoms with van der Waals surface area (Å²) in [6.07, 6.45) is 2.85. The number of thiophene rings is 1. The van der Waals surface area contributed by atoms with Crippen molar-refractivity contribution in [2.75, 3.05) is 17.7 Å². The highest BCUT2D eigenvalue weighted by atomic mass is 35.5. The predicted molar refractivity (Wildman–Crippen MR) is 171 cm³/mol. The monoisotopic (exact) mass is 646 g/mol. The first-order valence-corrected chi connectivity index (χ1v) is 16.6. The maximum absolute atomic E-state index is 12.9. The molecule has 4 rings (SSSR count). The zero-order valence-electron chi connectivity index (χ0n) is 24.2. The quantitative estimate of drug-likeness (QED) is 0.158. The highest BCUT2D eigenvalue weighted by Crippen LogP contribution is 2.46. The van der Waals surface area contributed by atoms with Gasteiger partial charge in [-0.3, -0.25) is 0 Å². The molecule has 1 fully saturated rings. The zero-order valence-corrected chi connectivity index (χ0v) is 26.6. The maximum Gasteiger partial charge on any atom is 0.352 e. The standard InChI is InChI=1S/C31H35ClN2O7S2/c1-31(2,3)41-30(37)29-27(40-16-25(35)36)26(32)28(42-29)21-7-5-9-24(15-21)34-23-12-10-19(11-13-23)17-43(38,39)18-20-6-4-8-22(33)14-20/h4-9,14-15,17,23,34H,10-13,16,18,33H2,1-3H3,(H,35,36). The molecule has 0 amide bonds. The number of hydrogen-bond acceptors (Lipinski definition) is 9. The normalized spacial score (nSPS) is 15.5. The largest absolute Gasteiger partial charge is 0.479 e. The van der Waals surface area contributed by atoms with E-state index >= 15 is 0 Å². The molecule has 1 aliphatic carbocycles. The molecule has 12 heteroatoms. The number of sulfone groups is 1. The van der Waals surface area contributed by atoms with Crippen molar-refractivity contribution in [3.8, 4) is 16.2 Å². The number of nitrogens with two attached hydrogens (primary N) is 1. The molecule has 0 radical (unpaired) electrons. The van der Waals surface area contributed by atoms with E-state index < -0.39 is 34.0 Å². The minimum atomic E-state index is -3.42. The van der Waals surface area contributed by atoms with Crippen LogP contribution in [-0.4, -0.2) is 43.7 Å². The Labute approximate surface area is 260 Å². The van der Waals surface area contributed by atoms with Crippen molar-refractivity contribution >= 4 is 56.1 Å². The summed E-state index contributed by atoms with van der Waals surface area (Å²) in [6.45, 7) is 4.54. The van der Waals surface area contributed by atoms with E-state index in [-0.39, 0.29) is 27.4 Å². The molecule has 4 N–H and O–H groups in total. The lowest BCUT2D eigenvalue weighted by molar-refractivity contribution is -0.139. The van der Waals surface area contributed by atoms with E-state index in [0.717, 1.165) is 41.0 Å². The Bertz CT molecular complexity index is 1630. The third kappa shape index (κ3) is 9.22. The second kappa shape index (κ2) is 13.4. The lowest BCUT2D eigenvalue weighted by Gasteiger charge is -2.26. The first-order valence-electron chi connectivity index (χ1n) is 13.7. The first-order chi connectivity index (χ1) is 20.2. The van der Waals surface area contributed by atoms with Gasteiger partial charge in [-0.2, -0.15) is 0 Å². The number of carbonyl (C=O) groups excluding carboxylic acids is 1. The van der Waals surface area contributed by atoms with Crippen LogP contribution in [0.15, 0.2) is 59.5 Å². The van der Waals surface area contributed by atoms with Gasteiger partial charge in [0.2, 0.25) is 0 Å². The van der Waals surface area contributed by atoms with E-state index in [0.29, 0.717) is 29.0 Å². The van der Waals surface area contributed by atoms with Gasteiger partial charge in [-0.05, 0) is 81.8 Å². The highest BCUT2D eigenvalue weighted by molar-refractivity contribution is 7.93. The Balaban J connectivity index is 1.46. The SMILES string of the molecule is CC(C)(C)OC(=O)c1sc(-c2cccc(NC3CCC(=CS(=O)(=O)Cc4cccc(N)c4)CC3)c2)c(Cl)c1OCC(=O)O. The van der Waals surface area contributed by atoms with Crippen LogP contribution in [0.1, 0.15) is 61.7 Å². The molecule has 3 aromatic rings. The number of halogens is 1. The highest BCUT2D eigenvalue weighted by Gasteiger charge is 2.29. The molecule has 2 aromatic carbocycles. The van der Waals surface area contributed by atoms with Gasteiger partial charge in [0.05, 0.1) is 10.6 Å². The van der Waals surface area contributed by atoms with Crippen LogP contribution in [0.25, 0.3) is 10.4 Å². The van der Waals surface area contributed by atoms with E-state index in [1.807, 2.05) is 24.3 Å². The summed E-state index contributed by atoms with van der Waals surface area (Å²) < 4.78 is 36.4.